The lowest BCUT2D eigenvalue weighted by molar-refractivity contribution is -0.126. The number of likely N-dealkylation sites (N-methyl/N-ethyl adjacent to an activating group) is 1. The van der Waals surface area contributed by atoms with Crippen LogP contribution in [0.25, 0.3) is 0 Å². The van der Waals surface area contributed by atoms with Crippen LogP contribution in [0.1, 0.15) is 11.1 Å². The molecule has 7 heteroatoms. The van der Waals surface area contributed by atoms with Gasteiger partial charge in [-0.1, -0.05) is 48.0 Å². The maximum atomic E-state index is 12.5. The SMILES string of the molecule is Cc1ccc(S(=O)(=O)NC2=NC(Cc3ccccc3)C(=O)N2C)cc1. The van der Waals surface area contributed by atoms with Crippen LogP contribution in [0.3, 0.4) is 0 Å². The third-order valence-corrected chi connectivity index (χ3v) is 5.38. The standard InChI is InChI=1S/C18H19N3O3S/c1-13-8-10-15(11-9-13)25(23,24)20-18-19-16(17(22)21(18)2)12-14-6-4-3-5-7-14/h3-11,16H,12H2,1-2H3,(H,19,20). The molecule has 130 valence electrons. The van der Waals surface area contributed by atoms with Crippen LogP contribution in [0.15, 0.2) is 64.5 Å². The Morgan fingerprint density at radius 1 is 1.08 bits per heavy atom. The van der Waals surface area contributed by atoms with Crippen molar-refractivity contribution in [3.63, 3.8) is 0 Å². The van der Waals surface area contributed by atoms with Crippen molar-refractivity contribution in [2.24, 2.45) is 4.99 Å². The molecular formula is C18H19N3O3S. The van der Waals surface area contributed by atoms with E-state index in [1.54, 1.807) is 12.1 Å². The number of hydrogen-bond acceptors (Lipinski definition) is 4. The van der Waals surface area contributed by atoms with Gasteiger partial charge in [-0.3, -0.25) is 9.69 Å². The summed E-state index contributed by atoms with van der Waals surface area (Å²) in [6.45, 7) is 1.88. The fraction of sp³-hybridized carbons (Fsp3) is 0.222. The number of nitrogens with one attached hydrogen (secondary N) is 1. The van der Waals surface area contributed by atoms with Crippen molar-refractivity contribution in [3.8, 4) is 0 Å². The Morgan fingerprint density at radius 2 is 1.72 bits per heavy atom. The molecule has 1 aliphatic heterocycles. The molecule has 3 rings (SSSR count). The normalized spacial score (nSPS) is 17.5. The quantitative estimate of drug-likeness (QED) is 0.905. The minimum atomic E-state index is -3.79. The second kappa shape index (κ2) is 6.68. The molecule has 0 spiro atoms. The van der Waals surface area contributed by atoms with Gasteiger partial charge in [-0.2, -0.15) is 0 Å². The summed E-state index contributed by atoms with van der Waals surface area (Å²) in [7, 11) is -2.27. The van der Waals surface area contributed by atoms with Crippen molar-refractivity contribution in [2.75, 3.05) is 7.05 Å². The van der Waals surface area contributed by atoms with Gasteiger partial charge in [0.15, 0.2) is 0 Å². The summed E-state index contributed by atoms with van der Waals surface area (Å²) in [5.74, 6) is -0.183. The highest BCUT2D eigenvalue weighted by Gasteiger charge is 2.34. The van der Waals surface area contributed by atoms with Crippen LogP contribution in [-0.2, 0) is 21.2 Å². The first-order valence-electron chi connectivity index (χ1n) is 7.85. The smallest absolute Gasteiger partial charge is 0.264 e. The molecule has 0 aromatic heterocycles. The monoisotopic (exact) mass is 357 g/mol. The molecule has 1 aliphatic rings. The number of carbonyl (C=O) groups is 1. The summed E-state index contributed by atoms with van der Waals surface area (Å²) in [6.07, 6.45) is 0.430. The number of carbonyl (C=O) groups excluding carboxylic acids is 1. The van der Waals surface area contributed by atoms with Gasteiger partial charge in [0.2, 0.25) is 5.96 Å². The van der Waals surface area contributed by atoms with Gasteiger partial charge in [0.05, 0.1) is 4.90 Å². The average Bonchev–Trinajstić information content (AvgIpc) is 2.84. The molecule has 6 nitrogen and oxygen atoms in total. The number of amides is 1. The maximum Gasteiger partial charge on any atom is 0.264 e. The zero-order valence-electron chi connectivity index (χ0n) is 14.0. The zero-order valence-corrected chi connectivity index (χ0v) is 14.8. The van der Waals surface area contributed by atoms with Gasteiger partial charge in [0, 0.05) is 13.5 Å². The Labute approximate surface area is 147 Å². The number of aliphatic imine (C=N–C) groups is 1. The van der Waals surface area contributed by atoms with E-state index in [-0.39, 0.29) is 16.8 Å². The zero-order chi connectivity index (χ0) is 18.0. The van der Waals surface area contributed by atoms with E-state index in [1.807, 2.05) is 37.3 Å². The minimum Gasteiger partial charge on any atom is -0.283 e. The highest BCUT2D eigenvalue weighted by Crippen LogP contribution is 2.16. The third-order valence-electron chi connectivity index (χ3n) is 4.04. The van der Waals surface area contributed by atoms with E-state index in [0.29, 0.717) is 6.42 Å². The Hall–Kier alpha value is -2.67. The summed E-state index contributed by atoms with van der Waals surface area (Å²) in [5, 5.41) is 0. The number of nitrogens with zero attached hydrogens (tertiary/aromatic N) is 2. The molecule has 25 heavy (non-hydrogen) atoms. The summed E-state index contributed by atoms with van der Waals surface area (Å²) < 4.78 is 27.4. The first-order valence-corrected chi connectivity index (χ1v) is 9.34. The molecule has 0 aliphatic carbocycles. The largest absolute Gasteiger partial charge is 0.283 e. The van der Waals surface area contributed by atoms with Crippen LogP contribution in [0.2, 0.25) is 0 Å². The molecule has 0 fully saturated rings. The van der Waals surface area contributed by atoms with Gasteiger partial charge < -0.3 is 0 Å². The van der Waals surface area contributed by atoms with Crippen LogP contribution in [0, 0.1) is 6.92 Å². The first-order chi connectivity index (χ1) is 11.9. The fourth-order valence-corrected chi connectivity index (χ4v) is 3.62. The van der Waals surface area contributed by atoms with Crippen molar-refractivity contribution in [1.82, 2.24) is 9.62 Å². The molecule has 1 unspecified atom stereocenters. The van der Waals surface area contributed by atoms with E-state index < -0.39 is 16.1 Å². The highest BCUT2D eigenvalue weighted by molar-refractivity contribution is 7.90. The Morgan fingerprint density at radius 3 is 2.36 bits per heavy atom. The van der Waals surface area contributed by atoms with E-state index in [0.717, 1.165) is 11.1 Å². The molecule has 2 aromatic carbocycles. The molecule has 0 radical (unpaired) electrons. The van der Waals surface area contributed by atoms with E-state index in [1.165, 1.54) is 24.1 Å². The van der Waals surface area contributed by atoms with Crippen molar-refractivity contribution < 1.29 is 13.2 Å². The first kappa shape index (κ1) is 17.2. The van der Waals surface area contributed by atoms with Crippen LogP contribution < -0.4 is 4.72 Å². The van der Waals surface area contributed by atoms with Gasteiger partial charge in [-0.05, 0) is 24.6 Å². The van der Waals surface area contributed by atoms with Crippen LogP contribution in [0.5, 0.6) is 0 Å². The topological polar surface area (TPSA) is 78.8 Å². The highest BCUT2D eigenvalue weighted by atomic mass is 32.2. The fourth-order valence-electron chi connectivity index (χ4n) is 2.58. The van der Waals surface area contributed by atoms with Gasteiger partial charge >= 0.3 is 0 Å². The maximum absolute atomic E-state index is 12.5. The second-order valence-electron chi connectivity index (χ2n) is 5.97. The van der Waals surface area contributed by atoms with Gasteiger partial charge in [-0.15, -0.1) is 0 Å². The number of guanidine groups is 1. The Bertz CT molecular complexity index is 906. The average molecular weight is 357 g/mol. The summed E-state index contributed by atoms with van der Waals surface area (Å²) in [6, 6.07) is 15.4. The Balaban J connectivity index is 1.80. The number of benzene rings is 2. The lowest BCUT2D eigenvalue weighted by atomic mass is 10.1. The lowest BCUT2D eigenvalue weighted by Gasteiger charge is -2.14. The second-order valence-corrected chi connectivity index (χ2v) is 7.66. The van der Waals surface area contributed by atoms with Gasteiger partial charge in [-0.25, -0.2) is 18.1 Å². The summed E-state index contributed by atoms with van der Waals surface area (Å²) in [4.78, 5) is 18.0. The lowest BCUT2D eigenvalue weighted by Crippen LogP contribution is -2.42. The predicted molar refractivity (Wildman–Crippen MR) is 95.6 cm³/mol. The van der Waals surface area contributed by atoms with Gasteiger partial charge in [0.25, 0.3) is 15.9 Å². The molecule has 1 heterocycles. The molecule has 1 N–H and O–H groups in total. The van der Waals surface area contributed by atoms with E-state index in [4.69, 9.17) is 0 Å². The number of aryl methyl sites for hydroxylation is 1. The number of rotatable bonds is 4. The van der Waals surface area contributed by atoms with Crippen molar-refractivity contribution in [3.05, 3.63) is 65.7 Å². The minimum absolute atomic E-state index is 0.0477. The molecular weight excluding hydrogens is 338 g/mol. The van der Waals surface area contributed by atoms with Gasteiger partial charge in [0.1, 0.15) is 6.04 Å². The van der Waals surface area contributed by atoms with Crippen molar-refractivity contribution >= 4 is 21.9 Å². The van der Waals surface area contributed by atoms with E-state index in [2.05, 4.69) is 9.71 Å². The number of hydrogen-bond donors (Lipinski definition) is 1. The van der Waals surface area contributed by atoms with Crippen molar-refractivity contribution in [1.29, 1.82) is 0 Å². The van der Waals surface area contributed by atoms with E-state index in [9.17, 15) is 13.2 Å². The van der Waals surface area contributed by atoms with Crippen LogP contribution in [-0.4, -0.2) is 38.3 Å². The predicted octanol–water partition coefficient (Wildman–Crippen LogP) is 1.71. The molecule has 1 atom stereocenters. The van der Waals surface area contributed by atoms with Crippen LogP contribution in [0.4, 0.5) is 0 Å². The summed E-state index contributed by atoms with van der Waals surface area (Å²) >= 11 is 0. The van der Waals surface area contributed by atoms with Crippen LogP contribution >= 0.6 is 0 Å². The molecule has 0 saturated carbocycles. The van der Waals surface area contributed by atoms with Crippen molar-refractivity contribution in [2.45, 2.75) is 24.3 Å². The summed E-state index contributed by atoms with van der Waals surface area (Å²) in [5.41, 5.74) is 1.94. The number of sulfonamides is 1. The molecule has 0 saturated heterocycles. The Kier molecular flexibility index (Phi) is 4.59. The van der Waals surface area contributed by atoms with E-state index >= 15 is 0 Å². The molecule has 0 bridgehead atoms. The third kappa shape index (κ3) is 3.71. The molecule has 1 amide bonds. The molecule has 2 aromatic rings.